The van der Waals surface area contributed by atoms with Crippen molar-refractivity contribution in [2.45, 2.75) is 53.0 Å². The van der Waals surface area contributed by atoms with E-state index in [4.69, 9.17) is 5.73 Å². The zero-order valence-corrected chi connectivity index (χ0v) is 14.1. The molecular formula is C14H30ClN3O2. The Kier molecular flexibility index (Phi) is 10.7. The van der Waals surface area contributed by atoms with Crippen molar-refractivity contribution in [3.05, 3.63) is 0 Å². The van der Waals surface area contributed by atoms with Gasteiger partial charge in [0.25, 0.3) is 0 Å². The minimum absolute atomic E-state index is 0. The van der Waals surface area contributed by atoms with Crippen LogP contribution in [0.15, 0.2) is 0 Å². The fourth-order valence-corrected chi connectivity index (χ4v) is 1.48. The molecule has 0 aliphatic heterocycles. The number of hydrogen-bond donors (Lipinski definition) is 3. The van der Waals surface area contributed by atoms with E-state index in [1.807, 2.05) is 20.8 Å². The molecule has 5 nitrogen and oxygen atoms in total. The largest absolute Gasteiger partial charge is 0.348 e. The Balaban J connectivity index is 0. The van der Waals surface area contributed by atoms with Crippen molar-refractivity contribution in [2.75, 3.05) is 13.1 Å². The molecule has 0 spiro atoms. The fourth-order valence-electron chi connectivity index (χ4n) is 1.48. The van der Waals surface area contributed by atoms with E-state index < -0.39 is 5.54 Å². The molecule has 0 aromatic heterocycles. The van der Waals surface area contributed by atoms with Gasteiger partial charge in [0.1, 0.15) is 0 Å². The average Bonchev–Trinajstić information content (AvgIpc) is 2.33. The monoisotopic (exact) mass is 307 g/mol. The van der Waals surface area contributed by atoms with E-state index in [9.17, 15) is 9.59 Å². The van der Waals surface area contributed by atoms with E-state index in [1.165, 1.54) is 0 Å². The van der Waals surface area contributed by atoms with Crippen molar-refractivity contribution in [3.8, 4) is 0 Å². The molecule has 1 atom stereocenters. The first kappa shape index (κ1) is 21.5. The summed E-state index contributed by atoms with van der Waals surface area (Å²) < 4.78 is 0. The lowest BCUT2D eigenvalue weighted by atomic mass is 9.88. The minimum atomic E-state index is -0.431. The Labute approximate surface area is 128 Å². The number of halogens is 1. The Morgan fingerprint density at radius 1 is 1.15 bits per heavy atom. The van der Waals surface area contributed by atoms with Gasteiger partial charge in [0, 0.05) is 13.0 Å². The van der Waals surface area contributed by atoms with Crippen LogP contribution in [0, 0.1) is 11.8 Å². The van der Waals surface area contributed by atoms with E-state index >= 15 is 0 Å². The number of amides is 2. The van der Waals surface area contributed by atoms with Crippen molar-refractivity contribution in [3.63, 3.8) is 0 Å². The highest BCUT2D eigenvalue weighted by atomic mass is 35.5. The van der Waals surface area contributed by atoms with E-state index in [0.29, 0.717) is 18.9 Å². The van der Waals surface area contributed by atoms with Crippen molar-refractivity contribution < 1.29 is 9.59 Å². The van der Waals surface area contributed by atoms with Gasteiger partial charge in [0.05, 0.1) is 12.1 Å². The van der Waals surface area contributed by atoms with Crippen LogP contribution in [0.5, 0.6) is 0 Å². The summed E-state index contributed by atoms with van der Waals surface area (Å²) >= 11 is 0. The average molecular weight is 308 g/mol. The van der Waals surface area contributed by atoms with E-state index in [-0.39, 0.29) is 36.7 Å². The molecule has 0 heterocycles. The molecule has 0 fully saturated rings. The van der Waals surface area contributed by atoms with Crippen LogP contribution in [-0.2, 0) is 9.59 Å². The third-order valence-electron chi connectivity index (χ3n) is 3.52. The van der Waals surface area contributed by atoms with Crippen molar-refractivity contribution >= 4 is 24.2 Å². The number of carbonyl (C=O) groups is 2. The third kappa shape index (κ3) is 8.38. The first-order valence-electron chi connectivity index (χ1n) is 6.99. The number of carbonyl (C=O) groups excluding carboxylic acids is 2. The number of nitrogens with two attached hydrogens (primary N) is 1. The van der Waals surface area contributed by atoms with Crippen molar-refractivity contribution in [1.82, 2.24) is 10.6 Å². The van der Waals surface area contributed by atoms with Crippen LogP contribution in [0.1, 0.15) is 47.5 Å². The smallest absolute Gasteiger partial charge is 0.239 e. The van der Waals surface area contributed by atoms with Crippen LogP contribution in [0.4, 0.5) is 0 Å². The molecule has 0 aliphatic carbocycles. The molecule has 6 heteroatoms. The highest BCUT2D eigenvalue weighted by molar-refractivity contribution is 5.85. The maximum Gasteiger partial charge on any atom is 0.239 e. The minimum Gasteiger partial charge on any atom is -0.348 e. The summed E-state index contributed by atoms with van der Waals surface area (Å²) in [7, 11) is 0. The zero-order valence-electron chi connectivity index (χ0n) is 13.3. The second-order valence-corrected chi connectivity index (χ2v) is 6.03. The summed E-state index contributed by atoms with van der Waals surface area (Å²) in [4.78, 5) is 23.3. The highest BCUT2D eigenvalue weighted by Gasteiger charge is 2.28. The maximum atomic E-state index is 11.8. The second kappa shape index (κ2) is 10.00. The highest BCUT2D eigenvalue weighted by Crippen LogP contribution is 2.14. The normalized spacial score (nSPS) is 13.6. The van der Waals surface area contributed by atoms with Gasteiger partial charge in [-0.25, -0.2) is 0 Å². The predicted molar refractivity (Wildman–Crippen MR) is 84.8 cm³/mol. The van der Waals surface area contributed by atoms with Crippen LogP contribution < -0.4 is 16.4 Å². The van der Waals surface area contributed by atoms with Gasteiger partial charge in [0.15, 0.2) is 0 Å². The molecule has 0 aliphatic rings. The van der Waals surface area contributed by atoms with E-state index in [2.05, 4.69) is 24.5 Å². The van der Waals surface area contributed by atoms with Crippen LogP contribution in [0.3, 0.4) is 0 Å². The molecule has 0 bridgehead atoms. The Morgan fingerprint density at radius 2 is 1.70 bits per heavy atom. The molecule has 0 aromatic carbocycles. The molecule has 1 unspecified atom stereocenters. The zero-order chi connectivity index (χ0) is 15.1. The first-order chi connectivity index (χ1) is 8.71. The SMILES string of the molecule is CC(C)CCC(=O)NCC(=O)NC(C)(CN)C(C)C.Cl. The lowest BCUT2D eigenvalue weighted by Gasteiger charge is -2.33. The van der Waals surface area contributed by atoms with Gasteiger partial charge >= 0.3 is 0 Å². The number of nitrogens with one attached hydrogen (secondary N) is 2. The molecule has 0 radical (unpaired) electrons. The summed E-state index contributed by atoms with van der Waals surface area (Å²) in [5.74, 6) is 0.446. The number of hydrogen-bond acceptors (Lipinski definition) is 3. The fraction of sp³-hybridized carbons (Fsp3) is 0.857. The molecule has 0 saturated heterocycles. The third-order valence-corrected chi connectivity index (χ3v) is 3.52. The van der Waals surface area contributed by atoms with Gasteiger partial charge in [0.2, 0.25) is 11.8 Å². The lowest BCUT2D eigenvalue weighted by Crippen LogP contribution is -2.56. The Morgan fingerprint density at radius 3 is 2.10 bits per heavy atom. The molecule has 0 saturated carbocycles. The van der Waals surface area contributed by atoms with E-state index in [1.54, 1.807) is 0 Å². The topological polar surface area (TPSA) is 84.2 Å². The van der Waals surface area contributed by atoms with Crippen molar-refractivity contribution in [1.29, 1.82) is 0 Å². The molecule has 4 N–H and O–H groups in total. The molecular weight excluding hydrogens is 278 g/mol. The molecule has 0 aromatic rings. The van der Waals surface area contributed by atoms with Crippen LogP contribution in [0.25, 0.3) is 0 Å². The number of rotatable bonds is 8. The molecule has 0 rings (SSSR count). The quantitative estimate of drug-likeness (QED) is 0.634. The van der Waals surface area contributed by atoms with Crippen LogP contribution in [-0.4, -0.2) is 30.4 Å². The van der Waals surface area contributed by atoms with Gasteiger partial charge < -0.3 is 16.4 Å². The van der Waals surface area contributed by atoms with Crippen LogP contribution >= 0.6 is 12.4 Å². The van der Waals surface area contributed by atoms with Gasteiger partial charge in [-0.15, -0.1) is 12.4 Å². The lowest BCUT2D eigenvalue weighted by molar-refractivity contribution is -0.127. The molecule has 2 amide bonds. The standard InChI is InChI=1S/C14H29N3O2.ClH/c1-10(2)6-7-12(18)16-8-13(19)17-14(5,9-15)11(3)4;/h10-11H,6-9,15H2,1-5H3,(H,16,18)(H,17,19);1H. The Hall–Kier alpha value is -0.810. The second-order valence-electron chi connectivity index (χ2n) is 6.03. The summed E-state index contributed by atoms with van der Waals surface area (Å²) in [6.07, 6.45) is 1.29. The predicted octanol–water partition coefficient (Wildman–Crippen LogP) is 1.45. The summed E-state index contributed by atoms with van der Waals surface area (Å²) in [6.45, 7) is 10.4. The Bertz CT molecular complexity index is 309. The van der Waals surface area contributed by atoms with Gasteiger partial charge in [-0.2, -0.15) is 0 Å². The van der Waals surface area contributed by atoms with E-state index in [0.717, 1.165) is 6.42 Å². The summed E-state index contributed by atoms with van der Waals surface area (Å²) in [6, 6.07) is 0. The summed E-state index contributed by atoms with van der Waals surface area (Å²) in [5, 5.41) is 5.52. The van der Waals surface area contributed by atoms with Crippen molar-refractivity contribution in [2.24, 2.45) is 17.6 Å². The molecule has 20 heavy (non-hydrogen) atoms. The van der Waals surface area contributed by atoms with Crippen LogP contribution in [0.2, 0.25) is 0 Å². The maximum absolute atomic E-state index is 11.8. The van der Waals surface area contributed by atoms with Gasteiger partial charge in [-0.05, 0) is 25.2 Å². The van der Waals surface area contributed by atoms with Gasteiger partial charge in [-0.3, -0.25) is 9.59 Å². The van der Waals surface area contributed by atoms with Gasteiger partial charge in [-0.1, -0.05) is 27.7 Å². The molecule has 120 valence electrons. The summed E-state index contributed by atoms with van der Waals surface area (Å²) in [5.41, 5.74) is 5.26. The first-order valence-corrected chi connectivity index (χ1v) is 6.99.